The predicted molar refractivity (Wildman–Crippen MR) is 101 cm³/mol. The molecule has 0 aliphatic carbocycles. The van der Waals surface area contributed by atoms with Crippen molar-refractivity contribution in [3.05, 3.63) is 58.2 Å². The Hall–Kier alpha value is -3.44. The van der Waals surface area contributed by atoms with Gasteiger partial charge in [-0.2, -0.15) is 10.4 Å². The van der Waals surface area contributed by atoms with Gasteiger partial charge in [0.2, 0.25) is 5.78 Å². The Bertz CT molecular complexity index is 1100. The van der Waals surface area contributed by atoms with E-state index < -0.39 is 18.4 Å². The number of benzene rings is 1. The van der Waals surface area contributed by atoms with Crippen molar-refractivity contribution in [2.75, 3.05) is 6.61 Å². The summed E-state index contributed by atoms with van der Waals surface area (Å²) in [7, 11) is 0. The monoisotopic (exact) mass is 380 g/mol. The molecule has 8 heteroatoms. The standard InChI is InChI=1S/C19H16N4O3S/c1-11(21)15(9-20)16(24)10-26-19(25)17-8-14-12(2)22-23(18(14)27-17)13-6-4-3-5-7-13/h3-8H,10,21H2,1-2H3/b15-11-. The number of nitriles is 1. The highest BCUT2D eigenvalue weighted by molar-refractivity contribution is 7.20. The Morgan fingerprint density at radius 2 is 2.04 bits per heavy atom. The highest BCUT2D eigenvalue weighted by Gasteiger charge is 2.20. The second-order valence-electron chi connectivity index (χ2n) is 5.83. The topological polar surface area (TPSA) is 111 Å². The fourth-order valence-corrected chi connectivity index (χ4v) is 3.61. The molecule has 0 aliphatic heterocycles. The van der Waals surface area contributed by atoms with Gasteiger partial charge in [0, 0.05) is 11.1 Å². The number of allylic oxidation sites excluding steroid dienone is 1. The van der Waals surface area contributed by atoms with Crippen LogP contribution in [0.25, 0.3) is 15.9 Å². The van der Waals surface area contributed by atoms with Crippen molar-refractivity contribution in [3.63, 3.8) is 0 Å². The number of esters is 1. The normalized spacial score (nSPS) is 11.7. The lowest BCUT2D eigenvalue weighted by atomic mass is 10.1. The zero-order chi connectivity index (χ0) is 19.6. The molecule has 0 radical (unpaired) electrons. The molecule has 2 heterocycles. The van der Waals surface area contributed by atoms with Crippen LogP contribution in [0.1, 0.15) is 22.3 Å². The number of hydrogen-bond donors (Lipinski definition) is 1. The van der Waals surface area contributed by atoms with Crippen molar-refractivity contribution in [1.82, 2.24) is 9.78 Å². The van der Waals surface area contributed by atoms with Gasteiger partial charge in [0.1, 0.15) is 21.3 Å². The number of nitrogens with zero attached hydrogens (tertiary/aromatic N) is 3. The number of carbonyl (C=O) groups excluding carboxylic acids is 2. The SMILES string of the molecule is C/C(N)=C(\C#N)C(=O)COC(=O)c1cc2c(C)nn(-c3ccccc3)c2s1. The number of thiophene rings is 1. The van der Waals surface area contributed by atoms with Crippen molar-refractivity contribution in [3.8, 4) is 11.8 Å². The summed E-state index contributed by atoms with van der Waals surface area (Å²) in [5, 5.41) is 14.3. The molecule has 0 aliphatic rings. The van der Waals surface area contributed by atoms with Crippen molar-refractivity contribution in [2.24, 2.45) is 5.73 Å². The molecule has 3 aromatic rings. The van der Waals surface area contributed by atoms with E-state index in [2.05, 4.69) is 5.10 Å². The molecule has 0 saturated carbocycles. The van der Waals surface area contributed by atoms with E-state index in [9.17, 15) is 9.59 Å². The van der Waals surface area contributed by atoms with Gasteiger partial charge in [0.15, 0.2) is 6.61 Å². The number of aromatic nitrogens is 2. The quantitative estimate of drug-likeness (QED) is 0.414. The Morgan fingerprint density at radius 1 is 1.33 bits per heavy atom. The van der Waals surface area contributed by atoms with E-state index >= 15 is 0 Å². The molecule has 0 spiro atoms. The highest BCUT2D eigenvalue weighted by Crippen LogP contribution is 2.30. The van der Waals surface area contributed by atoms with E-state index in [4.69, 9.17) is 15.7 Å². The number of ether oxygens (including phenoxy) is 1. The Labute approximate surface area is 159 Å². The first-order chi connectivity index (χ1) is 12.9. The molecular formula is C19H16N4O3S. The number of Topliss-reactive ketones (excluding diaryl/α,β-unsaturated/α-hetero) is 1. The molecule has 0 atom stereocenters. The van der Waals surface area contributed by atoms with Crippen LogP contribution in [-0.4, -0.2) is 28.1 Å². The van der Waals surface area contributed by atoms with Crippen LogP contribution < -0.4 is 5.73 Å². The van der Waals surface area contributed by atoms with Crippen molar-refractivity contribution in [2.45, 2.75) is 13.8 Å². The lowest BCUT2D eigenvalue weighted by Gasteiger charge is -2.03. The van der Waals surface area contributed by atoms with E-state index in [0.29, 0.717) is 4.88 Å². The van der Waals surface area contributed by atoms with Crippen LogP contribution in [0.3, 0.4) is 0 Å². The van der Waals surface area contributed by atoms with E-state index in [-0.39, 0.29) is 11.3 Å². The van der Waals surface area contributed by atoms with Gasteiger partial charge in [0.25, 0.3) is 0 Å². The number of rotatable bonds is 5. The van der Waals surface area contributed by atoms with Crippen LogP contribution in [-0.2, 0) is 9.53 Å². The molecule has 3 rings (SSSR count). The van der Waals surface area contributed by atoms with Crippen LogP contribution in [0.5, 0.6) is 0 Å². The molecule has 2 aromatic heterocycles. The minimum absolute atomic E-state index is 0.0963. The second-order valence-corrected chi connectivity index (χ2v) is 6.86. The third-order valence-electron chi connectivity index (χ3n) is 3.87. The molecule has 7 nitrogen and oxygen atoms in total. The van der Waals surface area contributed by atoms with E-state index in [1.165, 1.54) is 18.3 Å². The van der Waals surface area contributed by atoms with Crippen molar-refractivity contribution < 1.29 is 14.3 Å². The van der Waals surface area contributed by atoms with E-state index in [0.717, 1.165) is 21.6 Å². The fourth-order valence-electron chi connectivity index (χ4n) is 2.54. The third-order valence-corrected chi connectivity index (χ3v) is 4.96. The maximum atomic E-state index is 12.3. The average molecular weight is 380 g/mol. The summed E-state index contributed by atoms with van der Waals surface area (Å²) in [6.07, 6.45) is 0. The molecule has 1 aromatic carbocycles. The first-order valence-corrected chi connectivity index (χ1v) is 8.85. The van der Waals surface area contributed by atoms with Gasteiger partial charge in [-0.3, -0.25) is 4.79 Å². The summed E-state index contributed by atoms with van der Waals surface area (Å²) in [6.45, 7) is 2.78. The van der Waals surface area contributed by atoms with Gasteiger partial charge in [-0.25, -0.2) is 9.48 Å². The molecular weight excluding hydrogens is 364 g/mol. The molecule has 0 saturated heterocycles. The lowest BCUT2D eigenvalue weighted by Crippen LogP contribution is -2.17. The molecule has 0 fully saturated rings. The highest BCUT2D eigenvalue weighted by atomic mass is 32.1. The Kier molecular flexibility index (Phi) is 5.05. The lowest BCUT2D eigenvalue weighted by molar-refractivity contribution is -0.118. The van der Waals surface area contributed by atoms with Gasteiger partial charge < -0.3 is 10.5 Å². The molecule has 0 bridgehead atoms. The summed E-state index contributed by atoms with van der Waals surface area (Å²) in [5.41, 5.74) is 7.05. The number of nitrogens with two attached hydrogens (primary N) is 1. The molecule has 0 amide bonds. The van der Waals surface area contributed by atoms with E-state index in [1.807, 2.05) is 37.3 Å². The van der Waals surface area contributed by atoms with Crippen LogP contribution in [0.15, 0.2) is 47.7 Å². The fraction of sp³-hybridized carbons (Fsp3) is 0.158. The average Bonchev–Trinajstić information content (AvgIpc) is 3.21. The number of fused-ring (bicyclic) bond motifs is 1. The zero-order valence-electron chi connectivity index (χ0n) is 14.7. The van der Waals surface area contributed by atoms with Crippen LogP contribution in [0, 0.1) is 18.3 Å². The molecule has 27 heavy (non-hydrogen) atoms. The number of ketones is 1. The maximum Gasteiger partial charge on any atom is 0.348 e. The van der Waals surface area contributed by atoms with Crippen LogP contribution in [0.2, 0.25) is 0 Å². The zero-order valence-corrected chi connectivity index (χ0v) is 15.5. The maximum absolute atomic E-state index is 12.3. The van der Waals surface area contributed by atoms with Crippen molar-refractivity contribution in [1.29, 1.82) is 5.26 Å². The second kappa shape index (κ2) is 7.43. The van der Waals surface area contributed by atoms with E-state index in [1.54, 1.807) is 16.8 Å². The number of hydrogen-bond acceptors (Lipinski definition) is 7. The first-order valence-electron chi connectivity index (χ1n) is 8.03. The molecule has 136 valence electrons. The molecule has 0 unspecified atom stereocenters. The summed E-state index contributed by atoms with van der Waals surface area (Å²) in [5.74, 6) is -1.26. The largest absolute Gasteiger partial charge is 0.453 e. The van der Waals surface area contributed by atoms with Gasteiger partial charge in [-0.15, -0.1) is 11.3 Å². The smallest absolute Gasteiger partial charge is 0.348 e. The first kappa shape index (κ1) is 18.4. The number of aryl methyl sites for hydroxylation is 1. The minimum atomic E-state index is -0.629. The summed E-state index contributed by atoms with van der Waals surface area (Å²) in [6, 6.07) is 13.0. The van der Waals surface area contributed by atoms with Gasteiger partial charge in [-0.05, 0) is 32.0 Å². The Balaban J connectivity index is 1.84. The summed E-state index contributed by atoms with van der Waals surface area (Å²) < 4.78 is 6.83. The number of carbonyl (C=O) groups is 2. The predicted octanol–water partition coefficient (Wildman–Crippen LogP) is 2.88. The molecule has 2 N–H and O–H groups in total. The minimum Gasteiger partial charge on any atom is -0.453 e. The number of para-hydroxylation sites is 1. The Morgan fingerprint density at radius 3 is 2.67 bits per heavy atom. The van der Waals surface area contributed by atoms with Gasteiger partial charge in [0.05, 0.1) is 11.4 Å². The third kappa shape index (κ3) is 3.59. The van der Waals surface area contributed by atoms with Gasteiger partial charge in [-0.1, -0.05) is 18.2 Å². The summed E-state index contributed by atoms with van der Waals surface area (Å²) in [4.78, 5) is 25.4. The van der Waals surface area contributed by atoms with Gasteiger partial charge >= 0.3 is 5.97 Å². The van der Waals surface area contributed by atoms with Crippen LogP contribution in [0.4, 0.5) is 0 Å². The van der Waals surface area contributed by atoms with Crippen LogP contribution >= 0.6 is 11.3 Å². The van der Waals surface area contributed by atoms with Crippen molar-refractivity contribution >= 4 is 33.3 Å². The summed E-state index contributed by atoms with van der Waals surface area (Å²) >= 11 is 1.23.